The van der Waals surface area contributed by atoms with Gasteiger partial charge in [-0.1, -0.05) is 23.7 Å². The summed E-state index contributed by atoms with van der Waals surface area (Å²) in [5, 5.41) is 9.70. The van der Waals surface area contributed by atoms with Crippen molar-refractivity contribution in [3.63, 3.8) is 0 Å². The lowest BCUT2D eigenvalue weighted by molar-refractivity contribution is 0.190. The maximum absolute atomic E-state index is 9.70. The highest BCUT2D eigenvalue weighted by Crippen LogP contribution is 2.28. The molecule has 0 radical (unpaired) electrons. The van der Waals surface area contributed by atoms with Gasteiger partial charge in [0.1, 0.15) is 12.4 Å². The molecule has 1 aromatic carbocycles. The third kappa shape index (κ3) is 3.25. The van der Waals surface area contributed by atoms with Crippen LogP contribution >= 0.6 is 22.9 Å². The van der Waals surface area contributed by atoms with E-state index in [1.807, 2.05) is 37.3 Å². The first-order chi connectivity index (χ1) is 8.56. The maximum Gasteiger partial charge on any atom is 0.125 e. The van der Waals surface area contributed by atoms with Gasteiger partial charge in [0.05, 0.1) is 10.4 Å². The molecule has 0 unspecified atom stereocenters. The Morgan fingerprint density at radius 3 is 2.72 bits per heavy atom. The molecule has 1 N–H and O–H groups in total. The molecule has 1 atom stereocenters. The topological polar surface area (TPSA) is 29.5 Å². The van der Waals surface area contributed by atoms with Gasteiger partial charge in [-0.05, 0) is 37.6 Å². The summed E-state index contributed by atoms with van der Waals surface area (Å²) in [5.41, 5.74) is 1.92. The lowest BCUT2D eigenvalue weighted by Crippen LogP contribution is -2.00. The molecule has 96 valence electrons. The fourth-order valence-corrected chi connectivity index (χ4v) is 2.69. The zero-order valence-corrected chi connectivity index (χ0v) is 11.9. The van der Waals surface area contributed by atoms with Crippen LogP contribution in [0.25, 0.3) is 0 Å². The van der Waals surface area contributed by atoms with E-state index in [1.54, 1.807) is 6.92 Å². The maximum atomic E-state index is 9.70. The van der Waals surface area contributed by atoms with Gasteiger partial charge in [-0.2, -0.15) is 0 Å². The molecule has 2 rings (SSSR count). The predicted octanol–water partition coefficient (Wildman–Crippen LogP) is 4.34. The zero-order chi connectivity index (χ0) is 13.1. The second-order valence-corrected chi connectivity index (χ2v) is 6.01. The van der Waals surface area contributed by atoms with Gasteiger partial charge in [-0.3, -0.25) is 0 Å². The summed E-state index contributed by atoms with van der Waals surface area (Å²) in [5.74, 6) is 0.731. The van der Waals surface area contributed by atoms with Gasteiger partial charge in [0.25, 0.3) is 0 Å². The molecule has 0 fully saturated rings. The SMILES string of the molecule is Cc1ccc([C@@H](C)O)c(OCc2ccc(Cl)s2)c1. The third-order valence-corrected chi connectivity index (χ3v) is 3.82. The van der Waals surface area contributed by atoms with Crippen molar-refractivity contribution >= 4 is 22.9 Å². The van der Waals surface area contributed by atoms with Crippen LogP contribution in [-0.4, -0.2) is 5.11 Å². The minimum Gasteiger partial charge on any atom is -0.488 e. The molecule has 18 heavy (non-hydrogen) atoms. The van der Waals surface area contributed by atoms with Gasteiger partial charge >= 0.3 is 0 Å². The van der Waals surface area contributed by atoms with Crippen LogP contribution in [0, 0.1) is 6.92 Å². The standard InChI is InChI=1S/C14H15ClO2S/c1-9-3-5-12(10(2)16)13(7-9)17-8-11-4-6-14(15)18-11/h3-7,10,16H,8H2,1-2H3/t10-/m1/s1. The summed E-state index contributed by atoms with van der Waals surface area (Å²) >= 11 is 7.38. The third-order valence-electron chi connectivity index (χ3n) is 2.62. The second kappa shape index (κ2) is 5.74. The number of aliphatic hydroxyl groups is 1. The van der Waals surface area contributed by atoms with E-state index in [9.17, 15) is 5.11 Å². The van der Waals surface area contributed by atoms with Gasteiger partial charge in [0.15, 0.2) is 0 Å². The van der Waals surface area contributed by atoms with Crippen molar-refractivity contribution in [2.75, 3.05) is 0 Å². The molecular weight excluding hydrogens is 268 g/mol. The van der Waals surface area contributed by atoms with Gasteiger partial charge in [-0.15, -0.1) is 11.3 Å². The highest BCUT2D eigenvalue weighted by molar-refractivity contribution is 7.16. The minimum atomic E-state index is -0.535. The number of aryl methyl sites for hydroxylation is 1. The molecule has 0 amide bonds. The number of rotatable bonds is 4. The smallest absolute Gasteiger partial charge is 0.125 e. The second-order valence-electron chi connectivity index (χ2n) is 4.21. The summed E-state index contributed by atoms with van der Waals surface area (Å²) in [6, 6.07) is 9.62. The first-order valence-corrected chi connectivity index (χ1v) is 6.91. The lowest BCUT2D eigenvalue weighted by Gasteiger charge is -2.13. The molecule has 0 saturated carbocycles. The lowest BCUT2D eigenvalue weighted by atomic mass is 10.1. The summed E-state index contributed by atoms with van der Waals surface area (Å²) in [6.07, 6.45) is -0.535. The van der Waals surface area contributed by atoms with Crippen molar-refractivity contribution in [1.82, 2.24) is 0 Å². The Labute approximate surface area is 116 Å². The average molecular weight is 283 g/mol. The van der Waals surface area contributed by atoms with Crippen LogP contribution in [0.4, 0.5) is 0 Å². The Bertz CT molecular complexity index is 534. The monoisotopic (exact) mass is 282 g/mol. The van der Waals surface area contributed by atoms with E-state index < -0.39 is 6.10 Å². The molecule has 0 bridgehead atoms. The Morgan fingerprint density at radius 1 is 1.33 bits per heavy atom. The van der Waals surface area contributed by atoms with Crippen LogP contribution in [0.3, 0.4) is 0 Å². The number of hydrogen-bond donors (Lipinski definition) is 1. The van der Waals surface area contributed by atoms with E-state index in [0.717, 1.165) is 26.1 Å². The highest BCUT2D eigenvalue weighted by Gasteiger charge is 2.10. The molecule has 1 aromatic heterocycles. The fourth-order valence-electron chi connectivity index (χ4n) is 1.69. The quantitative estimate of drug-likeness (QED) is 0.904. The molecular formula is C14H15ClO2S. The molecule has 0 aliphatic heterocycles. The first kappa shape index (κ1) is 13.4. The number of halogens is 1. The first-order valence-electron chi connectivity index (χ1n) is 5.72. The van der Waals surface area contributed by atoms with E-state index in [4.69, 9.17) is 16.3 Å². The van der Waals surface area contributed by atoms with Crippen molar-refractivity contribution in [2.45, 2.75) is 26.6 Å². The predicted molar refractivity (Wildman–Crippen MR) is 75.5 cm³/mol. The van der Waals surface area contributed by atoms with Crippen LogP contribution in [0.2, 0.25) is 4.34 Å². The van der Waals surface area contributed by atoms with Crippen LogP contribution in [0.5, 0.6) is 5.75 Å². The van der Waals surface area contributed by atoms with E-state index in [-0.39, 0.29) is 0 Å². The number of benzene rings is 1. The molecule has 2 aromatic rings. The zero-order valence-electron chi connectivity index (χ0n) is 10.3. The van der Waals surface area contributed by atoms with Crippen molar-refractivity contribution in [2.24, 2.45) is 0 Å². The number of thiophene rings is 1. The van der Waals surface area contributed by atoms with E-state index in [2.05, 4.69) is 0 Å². The van der Waals surface area contributed by atoms with Crippen molar-refractivity contribution in [3.8, 4) is 5.75 Å². The largest absolute Gasteiger partial charge is 0.488 e. The van der Waals surface area contributed by atoms with Gasteiger partial charge in [0.2, 0.25) is 0 Å². The van der Waals surface area contributed by atoms with Gasteiger partial charge < -0.3 is 9.84 Å². The van der Waals surface area contributed by atoms with E-state index in [1.165, 1.54) is 11.3 Å². The Kier molecular flexibility index (Phi) is 4.27. The molecule has 0 spiro atoms. The van der Waals surface area contributed by atoms with Crippen LogP contribution < -0.4 is 4.74 Å². The number of hydrogen-bond acceptors (Lipinski definition) is 3. The minimum absolute atomic E-state index is 0.473. The van der Waals surface area contributed by atoms with Gasteiger partial charge in [0, 0.05) is 10.4 Å². The molecule has 1 heterocycles. The fraction of sp³-hybridized carbons (Fsp3) is 0.286. The highest BCUT2D eigenvalue weighted by atomic mass is 35.5. The van der Waals surface area contributed by atoms with Crippen LogP contribution in [-0.2, 0) is 6.61 Å². The van der Waals surface area contributed by atoms with Crippen LogP contribution in [0.1, 0.15) is 29.0 Å². The summed E-state index contributed by atoms with van der Waals surface area (Å²) in [6.45, 7) is 4.21. The number of ether oxygens (including phenoxy) is 1. The summed E-state index contributed by atoms with van der Waals surface area (Å²) in [7, 11) is 0. The summed E-state index contributed by atoms with van der Waals surface area (Å²) < 4.78 is 6.53. The molecule has 0 aliphatic carbocycles. The molecule has 2 nitrogen and oxygen atoms in total. The van der Waals surface area contributed by atoms with Crippen molar-refractivity contribution in [1.29, 1.82) is 0 Å². The summed E-state index contributed by atoms with van der Waals surface area (Å²) in [4.78, 5) is 1.07. The molecule has 0 aliphatic rings. The molecule has 4 heteroatoms. The van der Waals surface area contributed by atoms with Crippen molar-refractivity contribution < 1.29 is 9.84 Å². The van der Waals surface area contributed by atoms with Crippen molar-refractivity contribution in [3.05, 3.63) is 50.7 Å². The Hall–Kier alpha value is -1.03. The average Bonchev–Trinajstić information content (AvgIpc) is 2.72. The van der Waals surface area contributed by atoms with Crippen LogP contribution in [0.15, 0.2) is 30.3 Å². The Morgan fingerprint density at radius 2 is 2.11 bits per heavy atom. The Balaban J connectivity index is 2.15. The number of aliphatic hydroxyl groups excluding tert-OH is 1. The van der Waals surface area contributed by atoms with E-state index in [0.29, 0.717) is 6.61 Å². The molecule has 0 saturated heterocycles. The van der Waals surface area contributed by atoms with Gasteiger partial charge in [-0.25, -0.2) is 0 Å². The van der Waals surface area contributed by atoms with E-state index >= 15 is 0 Å². The normalized spacial score (nSPS) is 12.4.